The van der Waals surface area contributed by atoms with Crippen LogP contribution in [0.1, 0.15) is 18.4 Å². The number of carbonyl (C=O) groups is 1. The molecule has 134 valence electrons. The van der Waals surface area contributed by atoms with Crippen molar-refractivity contribution in [3.8, 4) is 11.3 Å². The van der Waals surface area contributed by atoms with Crippen LogP contribution in [-0.2, 0) is 16.0 Å². The number of benzene rings is 1. The zero-order valence-corrected chi connectivity index (χ0v) is 15.2. The molecule has 0 atom stereocenters. The van der Waals surface area contributed by atoms with Crippen LogP contribution in [0.2, 0.25) is 0 Å². The topological polar surface area (TPSA) is 64.1 Å². The fraction of sp³-hybridized carbons (Fsp3) is 0.250. The Morgan fingerprint density at radius 1 is 1.12 bits per heavy atom. The van der Waals surface area contributed by atoms with Crippen LogP contribution >= 0.6 is 11.3 Å². The summed E-state index contributed by atoms with van der Waals surface area (Å²) in [5.41, 5.74) is 3.03. The Labute approximate surface area is 157 Å². The Bertz CT molecular complexity index is 806. The maximum Gasteiger partial charge on any atom is 0.226 e. The molecule has 1 N–H and O–H groups in total. The van der Waals surface area contributed by atoms with E-state index >= 15 is 0 Å². The average Bonchev–Trinajstić information content (AvgIpc) is 3.14. The predicted octanol–water partition coefficient (Wildman–Crippen LogP) is 4.18. The van der Waals surface area contributed by atoms with Crippen LogP contribution < -0.4 is 5.32 Å². The van der Waals surface area contributed by atoms with Crippen LogP contribution in [0.15, 0.2) is 60.2 Å². The van der Waals surface area contributed by atoms with Gasteiger partial charge in [0.25, 0.3) is 0 Å². The van der Waals surface area contributed by atoms with E-state index in [9.17, 15) is 4.79 Å². The number of nitrogens with zero attached hydrogens (tertiary/aromatic N) is 2. The summed E-state index contributed by atoms with van der Waals surface area (Å²) in [6.45, 7) is 1.26. The maximum absolute atomic E-state index is 12.0. The molecule has 3 rings (SSSR count). The number of anilines is 1. The minimum Gasteiger partial charge on any atom is -0.381 e. The molecule has 0 bridgehead atoms. The van der Waals surface area contributed by atoms with Gasteiger partial charge in [0.15, 0.2) is 5.13 Å². The van der Waals surface area contributed by atoms with E-state index in [0.29, 0.717) is 31.2 Å². The highest BCUT2D eigenvalue weighted by atomic mass is 32.1. The molecule has 5 nitrogen and oxygen atoms in total. The Kier molecular flexibility index (Phi) is 6.87. The molecule has 1 aromatic carbocycles. The summed E-state index contributed by atoms with van der Waals surface area (Å²) < 4.78 is 5.60. The molecule has 6 heteroatoms. The van der Waals surface area contributed by atoms with E-state index in [-0.39, 0.29) is 5.91 Å². The minimum atomic E-state index is -0.0382. The lowest BCUT2D eigenvalue weighted by atomic mass is 10.2. The smallest absolute Gasteiger partial charge is 0.226 e. The van der Waals surface area contributed by atoms with E-state index in [1.165, 1.54) is 16.9 Å². The summed E-state index contributed by atoms with van der Waals surface area (Å²) in [6.07, 6.45) is 5.49. The SMILES string of the molecule is O=C(CCCOCCc1ccccc1)Nc1nc(-c2cccnc2)cs1. The van der Waals surface area contributed by atoms with Gasteiger partial charge in [-0.15, -0.1) is 11.3 Å². The van der Waals surface area contributed by atoms with Crippen molar-refractivity contribution in [2.45, 2.75) is 19.3 Å². The number of pyridine rings is 1. The molecule has 3 aromatic rings. The molecule has 2 heterocycles. The summed E-state index contributed by atoms with van der Waals surface area (Å²) in [7, 11) is 0. The first-order valence-corrected chi connectivity index (χ1v) is 9.47. The van der Waals surface area contributed by atoms with Gasteiger partial charge in [-0.3, -0.25) is 9.78 Å². The Morgan fingerprint density at radius 2 is 2.00 bits per heavy atom. The highest BCUT2D eigenvalue weighted by Crippen LogP contribution is 2.24. The van der Waals surface area contributed by atoms with Crippen LogP contribution in [0.4, 0.5) is 5.13 Å². The van der Waals surface area contributed by atoms with E-state index in [0.717, 1.165) is 17.7 Å². The molecular weight excluding hydrogens is 346 g/mol. The molecule has 0 aliphatic heterocycles. The summed E-state index contributed by atoms with van der Waals surface area (Å²) in [5, 5.41) is 5.37. The van der Waals surface area contributed by atoms with Crippen LogP contribution in [0.25, 0.3) is 11.3 Å². The van der Waals surface area contributed by atoms with E-state index in [1.54, 1.807) is 12.4 Å². The molecule has 0 saturated carbocycles. The zero-order valence-electron chi connectivity index (χ0n) is 14.4. The first kappa shape index (κ1) is 18.2. The van der Waals surface area contributed by atoms with Gasteiger partial charge in [0.2, 0.25) is 5.91 Å². The largest absolute Gasteiger partial charge is 0.381 e. The first-order valence-electron chi connectivity index (χ1n) is 8.59. The van der Waals surface area contributed by atoms with Crippen molar-refractivity contribution >= 4 is 22.4 Å². The van der Waals surface area contributed by atoms with Crippen molar-refractivity contribution in [3.63, 3.8) is 0 Å². The Hall–Kier alpha value is -2.57. The van der Waals surface area contributed by atoms with Crippen molar-refractivity contribution in [2.75, 3.05) is 18.5 Å². The number of carbonyl (C=O) groups excluding carboxylic acids is 1. The molecule has 0 radical (unpaired) electrons. The maximum atomic E-state index is 12.0. The van der Waals surface area contributed by atoms with Crippen LogP contribution in [0.5, 0.6) is 0 Å². The molecule has 0 aliphatic carbocycles. The predicted molar refractivity (Wildman–Crippen MR) is 104 cm³/mol. The number of amides is 1. The second-order valence-corrected chi connectivity index (χ2v) is 6.64. The van der Waals surface area contributed by atoms with Gasteiger partial charge in [-0.2, -0.15) is 0 Å². The van der Waals surface area contributed by atoms with Crippen molar-refractivity contribution in [2.24, 2.45) is 0 Å². The quantitative estimate of drug-likeness (QED) is 0.576. The van der Waals surface area contributed by atoms with Gasteiger partial charge in [-0.1, -0.05) is 30.3 Å². The van der Waals surface area contributed by atoms with E-state index < -0.39 is 0 Å². The van der Waals surface area contributed by atoms with Gasteiger partial charge < -0.3 is 10.1 Å². The van der Waals surface area contributed by atoms with E-state index in [4.69, 9.17) is 4.74 Å². The fourth-order valence-electron chi connectivity index (χ4n) is 2.43. The summed E-state index contributed by atoms with van der Waals surface area (Å²) >= 11 is 1.42. The second kappa shape index (κ2) is 9.79. The van der Waals surface area contributed by atoms with Crippen LogP contribution in [0, 0.1) is 0 Å². The summed E-state index contributed by atoms with van der Waals surface area (Å²) in [5.74, 6) is -0.0382. The monoisotopic (exact) mass is 367 g/mol. The van der Waals surface area contributed by atoms with Crippen molar-refractivity contribution in [1.82, 2.24) is 9.97 Å². The van der Waals surface area contributed by atoms with Gasteiger partial charge in [0.05, 0.1) is 12.3 Å². The molecule has 0 spiro atoms. The normalized spacial score (nSPS) is 10.6. The van der Waals surface area contributed by atoms with Crippen LogP contribution in [0.3, 0.4) is 0 Å². The van der Waals surface area contributed by atoms with Crippen molar-refractivity contribution in [3.05, 3.63) is 65.8 Å². The molecular formula is C20H21N3O2S. The number of rotatable bonds is 9. The molecule has 0 fully saturated rings. The molecule has 26 heavy (non-hydrogen) atoms. The van der Waals surface area contributed by atoms with Gasteiger partial charge in [0, 0.05) is 36.4 Å². The van der Waals surface area contributed by atoms with Crippen molar-refractivity contribution < 1.29 is 9.53 Å². The van der Waals surface area contributed by atoms with Gasteiger partial charge in [-0.25, -0.2) is 4.98 Å². The van der Waals surface area contributed by atoms with Gasteiger partial charge in [-0.05, 0) is 30.5 Å². The molecule has 0 aliphatic rings. The number of thiazole rings is 1. The third kappa shape index (κ3) is 5.75. The van der Waals surface area contributed by atoms with Gasteiger partial charge >= 0.3 is 0 Å². The molecule has 0 saturated heterocycles. The summed E-state index contributed by atoms with van der Waals surface area (Å²) in [4.78, 5) is 20.5. The Morgan fingerprint density at radius 3 is 2.81 bits per heavy atom. The lowest BCUT2D eigenvalue weighted by molar-refractivity contribution is -0.116. The van der Waals surface area contributed by atoms with E-state index in [2.05, 4.69) is 27.4 Å². The molecule has 1 amide bonds. The lowest BCUT2D eigenvalue weighted by Gasteiger charge is -2.05. The molecule has 2 aromatic heterocycles. The van der Waals surface area contributed by atoms with Crippen LogP contribution in [-0.4, -0.2) is 29.1 Å². The number of aromatic nitrogens is 2. The van der Waals surface area contributed by atoms with Crippen molar-refractivity contribution in [1.29, 1.82) is 0 Å². The number of ether oxygens (including phenoxy) is 1. The minimum absolute atomic E-state index is 0.0382. The standard InChI is InChI=1S/C20H21N3O2S/c24-19(9-5-12-25-13-10-16-6-2-1-3-7-16)23-20-22-18(15-26-20)17-8-4-11-21-14-17/h1-4,6-8,11,14-15H,5,9-10,12-13H2,(H,22,23,24). The number of hydrogen-bond acceptors (Lipinski definition) is 5. The number of nitrogens with one attached hydrogen (secondary N) is 1. The summed E-state index contributed by atoms with van der Waals surface area (Å²) in [6, 6.07) is 14.0. The average molecular weight is 367 g/mol. The number of hydrogen-bond donors (Lipinski definition) is 1. The third-order valence-corrected chi connectivity index (χ3v) is 4.54. The van der Waals surface area contributed by atoms with Gasteiger partial charge in [0.1, 0.15) is 0 Å². The highest BCUT2D eigenvalue weighted by Gasteiger charge is 2.08. The fourth-order valence-corrected chi connectivity index (χ4v) is 3.17. The lowest BCUT2D eigenvalue weighted by Crippen LogP contribution is -2.12. The second-order valence-electron chi connectivity index (χ2n) is 5.78. The van der Waals surface area contributed by atoms with E-state index in [1.807, 2.05) is 35.7 Å². The molecule has 0 unspecified atom stereocenters. The highest BCUT2D eigenvalue weighted by molar-refractivity contribution is 7.14. The third-order valence-electron chi connectivity index (χ3n) is 3.78. The zero-order chi connectivity index (χ0) is 18.0. The first-order chi connectivity index (χ1) is 12.8. The Balaban J connectivity index is 1.32.